The Bertz CT molecular complexity index is 1070. The molecule has 0 atom stereocenters. The van der Waals surface area contributed by atoms with E-state index in [1.807, 2.05) is 12.1 Å². The minimum Gasteiger partial charge on any atom is -0.398 e. The Morgan fingerprint density at radius 2 is 1.41 bits per heavy atom. The van der Waals surface area contributed by atoms with Crippen LogP contribution in [0.15, 0.2) is 41.1 Å². The molecule has 3 nitrogen and oxygen atoms in total. The van der Waals surface area contributed by atoms with Crippen molar-refractivity contribution in [3.05, 3.63) is 75.0 Å². The molecule has 5 rings (SSSR count). The van der Waals surface area contributed by atoms with Crippen LogP contribution in [0.25, 0.3) is 11.1 Å². The summed E-state index contributed by atoms with van der Waals surface area (Å²) in [6.45, 7) is 0. The highest BCUT2D eigenvalue weighted by Gasteiger charge is 2.21. The highest BCUT2D eigenvalue weighted by molar-refractivity contribution is 9.10. The highest BCUT2D eigenvalue weighted by atomic mass is 79.9. The second-order valence-electron chi connectivity index (χ2n) is 7.44. The lowest BCUT2D eigenvalue weighted by atomic mass is 9.98. The van der Waals surface area contributed by atoms with Crippen LogP contribution in [0.3, 0.4) is 0 Å². The Kier molecular flexibility index (Phi) is 5.54. The zero-order valence-electron chi connectivity index (χ0n) is 15.9. The van der Waals surface area contributed by atoms with E-state index in [0.29, 0.717) is 15.8 Å². The molecule has 0 fully saturated rings. The fourth-order valence-corrected chi connectivity index (χ4v) is 4.68. The van der Waals surface area contributed by atoms with Crippen molar-refractivity contribution in [3.63, 3.8) is 0 Å². The average molecular weight is 458 g/mol. The van der Waals surface area contributed by atoms with Gasteiger partial charge in [-0.1, -0.05) is 6.07 Å². The fraction of sp³-hybridized carbons (Fsp3) is 0.261. The van der Waals surface area contributed by atoms with Crippen molar-refractivity contribution in [2.45, 2.75) is 38.5 Å². The molecule has 0 amide bonds. The van der Waals surface area contributed by atoms with Gasteiger partial charge in [-0.3, -0.25) is 4.98 Å². The van der Waals surface area contributed by atoms with Gasteiger partial charge in [0.05, 0.1) is 0 Å². The van der Waals surface area contributed by atoms with E-state index in [4.69, 9.17) is 11.5 Å². The molecular weight excluding hydrogens is 436 g/mol. The molecule has 150 valence electrons. The van der Waals surface area contributed by atoms with Crippen molar-refractivity contribution in [2.75, 3.05) is 11.5 Å². The van der Waals surface area contributed by atoms with Crippen molar-refractivity contribution >= 4 is 27.3 Å². The van der Waals surface area contributed by atoms with Crippen LogP contribution in [0.1, 0.15) is 35.1 Å². The van der Waals surface area contributed by atoms with Gasteiger partial charge in [-0.2, -0.15) is 0 Å². The number of nitrogens with zero attached hydrogens (tertiary/aromatic N) is 1. The van der Waals surface area contributed by atoms with Gasteiger partial charge >= 0.3 is 0 Å². The molecule has 1 aromatic heterocycles. The van der Waals surface area contributed by atoms with Gasteiger partial charge in [0, 0.05) is 39.4 Å². The van der Waals surface area contributed by atoms with Gasteiger partial charge in [-0.15, -0.1) is 0 Å². The Morgan fingerprint density at radius 1 is 0.828 bits per heavy atom. The zero-order valence-corrected chi connectivity index (χ0v) is 17.5. The minimum absolute atomic E-state index is 0.122. The van der Waals surface area contributed by atoms with Crippen molar-refractivity contribution in [1.82, 2.24) is 4.98 Å². The Hall–Kier alpha value is -2.47. The molecule has 29 heavy (non-hydrogen) atoms. The molecule has 2 aliphatic rings. The van der Waals surface area contributed by atoms with Gasteiger partial charge in [0.25, 0.3) is 0 Å². The van der Waals surface area contributed by atoms with E-state index in [1.54, 1.807) is 12.4 Å². The number of hydrogen-bond acceptors (Lipinski definition) is 3. The number of hydrogen-bond donors (Lipinski definition) is 2. The number of nitrogen functional groups attached to an aromatic ring is 2. The molecular formula is C23H22BrF2N3. The third kappa shape index (κ3) is 3.73. The van der Waals surface area contributed by atoms with E-state index in [0.717, 1.165) is 71.9 Å². The number of benzene rings is 2. The van der Waals surface area contributed by atoms with E-state index < -0.39 is 0 Å². The van der Waals surface area contributed by atoms with Crippen molar-refractivity contribution in [2.24, 2.45) is 0 Å². The number of rotatable bonds is 1. The van der Waals surface area contributed by atoms with Crippen molar-refractivity contribution in [1.29, 1.82) is 0 Å². The summed E-state index contributed by atoms with van der Waals surface area (Å²) in [5, 5.41) is 0. The summed E-state index contributed by atoms with van der Waals surface area (Å²) in [5.74, 6) is -0.255. The Morgan fingerprint density at radius 3 is 2.03 bits per heavy atom. The maximum atomic E-state index is 13.9. The maximum Gasteiger partial charge on any atom is 0.127 e. The van der Waals surface area contributed by atoms with Gasteiger partial charge in [0.2, 0.25) is 0 Å². The van der Waals surface area contributed by atoms with Crippen LogP contribution < -0.4 is 11.5 Å². The van der Waals surface area contributed by atoms with Gasteiger partial charge in [0.1, 0.15) is 11.6 Å². The SMILES string of the molecule is Nc1c(-c2cccnc2)cc(F)c2c1CCC2.Nc1c(Br)cc(F)c2c1CCC2. The van der Waals surface area contributed by atoms with Crippen LogP contribution in [0.2, 0.25) is 0 Å². The van der Waals surface area contributed by atoms with Gasteiger partial charge < -0.3 is 11.5 Å². The van der Waals surface area contributed by atoms with Gasteiger partial charge in [0.15, 0.2) is 0 Å². The average Bonchev–Trinajstić information content (AvgIpc) is 3.40. The van der Waals surface area contributed by atoms with Crippen LogP contribution in [0, 0.1) is 11.6 Å². The quantitative estimate of drug-likeness (QED) is 0.466. The van der Waals surface area contributed by atoms with Crippen LogP contribution in [0.4, 0.5) is 20.2 Å². The number of halogens is 3. The van der Waals surface area contributed by atoms with E-state index in [2.05, 4.69) is 20.9 Å². The second kappa shape index (κ2) is 8.11. The number of fused-ring (bicyclic) bond motifs is 2. The van der Waals surface area contributed by atoms with E-state index in [9.17, 15) is 8.78 Å². The summed E-state index contributed by atoms with van der Waals surface area (Å²) in [5.41, 5.74) is 18.6. The zero-order chi connectivity index (χ0) is 20.5. The highest BCUT2D eigenvalue weighted by Crippen LogP contribution is 2.37. The first-order chi connectivity index (χ1) is 14.0. The molecule has 0 saturated carbocycles. The van der Waals surface area contributed by atoms with E-state index in [1.165, 1.54) is 12.1 Å². The molecule has 2 aliphatic carbocycles. The first-order valence-electron chi connectivity index (χ1n) is 9.72. The molecule has 1 heterocycles. The van der Waals surface area contributed by atoms with Crippen molar-refractivity contribution in [3.8, 4) is 11.1 Å². The third-order valence-corrected chi connectivity index (χ3v) is 6.36. The fourth-order valence-electron chi connectivity index (χ4n) is 4.24. The molecule has 0 saturated heterocycles. The van der Waals surface area contributed by atoms with Crippen LogP contribution >= 0.6 is 15.9 Å². The lowest BCUT2D eigenvalue weighted by molar-refractivity contribution is 0.612. The number of nitrogens with two attached hydrogens (primary N) is 2. The summed E-state index contributed by atoms with van der Waals surface area (Å²) in [6.07, 6.45) is 8.86. The van der Waals surface area contributed by atoms with Gasteiger partial charge in [-0.25, -0.2) is 8.78 Å². The molecule has 0 spiro atoms. The van der Waals surface area contributed by atoms with Crippen LogP contribution in [0.5, 0.6) is 0 Å². The van der Waals surface area contributed by atoms with Crippen molar-refractivity contribution < 1.29 is 8.78 Å². The normalized spacial score (nSPS) is 14.2. The third-order valence-electron chi connectivity index (χ3n) is 5.71. The monoisotopic (exact) mass is 457 g/mol. The summed E-state index contributed by atoms with van der Waals surface area (Å²) < 4.78 is 27.9. The summed E-state index contributed by atoms with van der Waals surface area (Å²) in [6, 6.07) is 6.73. The number of aromatic nitrogens is 1. The predicted octanol–water partition coefficient (Wildman–Crippen LogP) is 5.62. The van der Waals surface area contributed by atoms with E-state index >= 15 is 0 Å². The summed E-state index contributed by atoms with van der Waals surface area (Å²) in [4.78, 5) is 4.05. The largest absolute Gasteiger partial charge is 0.398 e. The lowest BCUT2D eigenvalue weighted by Gasteiger charge is -2.11. The minimum atomic E-state index is -0.134. The Labute approximate surface area is 177 Å². The molecule has 6 heteroatoms. The molecule has 0 unspecified atom stereocenters. The van der Waals surface area contributed by atoms with Gasteiger partial charge in [-0.05, 0) is 94.9 Å². The molecule has 0 bridgehead atoms. The molecule has 2 aromatic carbocycles. The molecule has 3 aromatic rings. The standard InChI is InChI=1S/C14H13FN2.C9H9BrFN/c15-13-7-12(9-3-2-6-17-8-9)14(16)11-5-1-4-10(11)13;10-7-4-8(11)5-2-1-3-6(5)9(7)12/h2-3,6-8H,1,4-5,16H2;4H,1-3,12H2. The van der Waals surface area contributed by atoms with E-state index in [-0.39, 0.29) is 11.6 Å². The smallest absolute Gasteiger partial charge is 0.127 e. The van der Waals surface area contributed by atoms with Crippen LogP contribution in [-0.2, 0) is 25.7 Å². The lowest BCUT2D eigenvalue weighted by Crippen LogP contribution is -2.00. The molecule has 0 aliphatic heterocycles. The summed E-state index contributed by atoms with van der Waals surface area (Å²) >= 11 is 3.23. The topological polar surface area (TPSA) is 64.9 Å². The number of anilines is 2. The first-order valence-corrected chi connectivity index (χ1v) is 10.5. The Balaban J connectivity index is 0.000000150. The van der Waals surface area contributed by atoms with Crippen LogP contribution in [-0.4, -0.2) is 4.98 Å². The summed E-state index contributed by atoms with van der Waals surface area (Å²) in [7, 11) is 0. The molecule has 4 N–H and O–H groups in total. The second-order valence-corrected chi connectivity index (χ2v) is 8.29. The predicted molar refractivity (Wildman–Crippen MR) is 117 cm³/mol. The molecule has 0 radical (unpaired) electrons. The number of pyridine rings is 1. The first kappa shape index (κ1) is 19.8. The maximum absolute atomic E-state index is 13.9.